The Morgan fingerprint density at radius 2 is 1.88 bits per heavy atom. The number of carbonyl (C=O) groups is 2. The molecule has 0 aliphatic heterocycles. The molecule has 1 aromatic heterocycles. The second-order valence-corrected chi connectivity index (χ2v) is 7.41. The molecule has 0 aliphatic rings. The number of para-hydroxylation sites is 1. The largest absolute Gasteiger partial charge is 0.484 e. The van der Waals surface area contributed by atoms with Crippen LogP contribution in [0.5, 0.6) is 5.75 Å². The molecule has 26 heavy (non-hydrogen) atoms. The minimum atomic E-state index is -0.197. The Labute approximate surface area is 158 Å². The number of benzene rings is 1. The van der Waals surface area contributed by atoms with Crippen molar-refractivity contribution in [2.45, 2.75) is 46.3 Å². The lowest BCUT2D eigenvalue weighted by molar-refractivity contribution is -0.135. The minimum absolute atomic E-state index is 0.00119. The Hall–Kier alpha value is -2.41. The average molecular weight is 375 g/mol. The highest BCUT2D eigenvalue weighted by Crippen LogP contribution is 2.15. The van der Waals surface area contributed by atoms with Gasteiger partial charge in [-0.05, 0) is 39.8 Å². The Morgan fingerprint density at radius 3 is 2.50 bits per heavy atom. The van der Waals surface area contributed by atoms with E-state index in [1.54, 1.807) is 10.3 Å². The molecule has 0 aliphatic carbocycles. The van der Waals surface area contributed by atoms with E-state index in [1.165, 1.54) is 11.3 Å². The van der Waals surface area contributed by atoms with Crippen LogP contribution in [0.4, 0.5) is 0 Å². The van der Waals surface area contributed by atoms with Gasteiger partial charge >= 0.3 is 0 Å². The van der Waals surface area contributed by atoms with E-state index < -0.39 is 0 Å². The van der Waals surface area contributed by atoms with Crippen LogP contribution in [-0.4, -0.2) is 40.4 Å². The number of aromatic nitrogens is 1. The Balaban J connectivity index is 1.98. The molecule has 6 nitrogen and oxygen atoms in total. The first-order valence-corrected chi connectivity index (χ1v) is 9.47. The van der Waals surface area contributed by atoms with Crippen LogP contribution < -0.4 is 10.1 Å². The van der Waals surface area contributed by atoms with Crippen LogP contribution in [0.2, 0.25) is 0 Å². The van der Waals surface area contributed by atoms with Crippen molar-refractivity contribution in [3.63, 3.8) is 0 Å². The van der Waals surface area contributed by atoms with Crippen molar-refractivity contribution < 1.29 is 14.3 Å². The second kappa shape index (κ2) is 9.33. The van der Waals surface area contributed by atoms with Gasteiger partial charge in [0, 0.05) is 17.5 Å². The van der Waals surface area contributed by atoms with Crippen molar-refractivity contribution in [3.05, 3.63) is 46.4 Å². The maximum atomic E-state index is 12.5. The van der Waals surface area contributed by atoms with Gasteiger partial charge in [0.1, 0.15) is 16.5 Å². The third kappa shape index (κ3) is 5.84. The zero-order valence-corrected chi connectivity index (χ0v) is 16.4. The highest BCUT2D eigenvalue weighted by Gasteiger charge is 2.20. The van der Waals surface area contributed by atoms with Gasteiger partial charge in [0.25, 0.3) is 11.8 Å². The van der Waals surface area contributed by atoms with Gasteiger partial charge < -0.3 is 15.0 Å². The first kappa shape index (κ1) is 19.9. The summed E-state index contributed by atoms with van der Waals surface area (Å²) >= 11 is 1.38. The first-order chi connectivity index (χ1) is 12.4. The van der Waals surface area contributed by atoms with Crippen molar-refractivity contribution >= 4 is 23.2 Å². The molecule has 0 atom stereocenters. The highest BCUT2D eigenvalue weighted by atomic mass is 32.1. The first-order valence-electron chi connectivity index (χ1n) is 8.59. The molecule has 2 rings (SSSR count). The molecule has 1 N–H and O–H groups in total. The smallest absolute Gasteiger partial charge is 0.270 e. The molecule has 0 fully saturated rings. The highest BCUT2D eigenvalue weighted by molar-refractivity contribution is 7.09. The fraction of sp³-hybridized carbons (Fsp3) is 0.421. The summed E-state index contributed by atoms with van der Waals surface area (Å²) in [6.07, 6.45) is 0. The normalized spacial score (nSPS) is 10.8. The molecule has 2 aromatic rings. The topological polar surface area (TPSA) is 71.5 Å². The van der Waals surface area contributed by atoms with Gasteiger partial charge in [-0.15, -0.1) is 11.3 Å². The molecule has 0 bridgehead atoms. The summed E-state index contributed by atoms with van der Waals surface area (Å²) in [5, 5.41) is 5.26. The van der Waals surface area contributed by atoms with Gasteiger partial charge in [0.2, 0.25) is 0 Å². The molecule has 0 unspecified atom stereocenters. The zero-order chi connectivity index (χ0) is 19.1. The van der Waals surface area contributed by atoms with Crippen molar-refractivity contribution in [1.82, 2.24) is 15.2 Å². The molecule has 1 aromatic carbocycles. The lowest BCUT2D eigenvalue weighted by atomic mass is 10.3. The van der Waals surface area contributed by atoms with Gasteiger partial charge in [-0.25, -0.2) is 4.98 Å². The number of nitrogens with one attached hydrogen (secondary N) is 1. The summed E-state index contributed by atoms with van der Waals surface area (Å²) < 4.78 is 5.55. The maximum Gasteiger partial charge on any atom is 0.270 e. The van der Waals surface area contributed by atoms with Crippen LogP contribution in [-0.2, 0) is 11.3 Å². The lowest BCUT2D eigenvalue weighted by Crippen LogP contribution is -2.39. The summed E-state index contributed by atoms with van der Waals surface area (Å²) in [7, 11) is 0. The number of carbonyl (C=O) groups excluding carboxylic acids is 2. The molecular weight excluding hydrogens is 350 g/mol. The maximum absolute atomic E-state index is 12.5. The van der Waals surface area contributed by atoms with Crippen molar-refractivity contribution in [1.29, 1.82) is 0 Å². The minimum Gasteiger partial charge on any atom is -0.484 e. The van der Waals surface area contributed by atoms with Crippen LogP contribution in [0.3, 0.4) is 0 Å². The lowest BCUT2D eigenvalue weighted by Gasteiger charge is -2.25. The van der Waals surface area contributed by atoms with E-state index in [1.807, 2.05) is 58.0 Å². The summed E-state index contributed by atoms with van der Waals surface area (Å²) in [5.41, 5.74) is 0.385. The molecule has 0 spiro atoms. The summed E-state index contributed by atoms with van der Waals surface area (Å²) in [6.45, 7) is 8.01. The van der Waals surface area contributed by atoms with E-state index in [0.717, 1.165) is 5.01 Å². The Kier molecular flexibility index (Phi) is 7.15. The SMILES string of the molecule is CC(C)NC(=O)c1csc(CN(C(=O)COc2ccccc2)C(C)C)n1. The quantitative estimate of drug-likeness (QED) is 0.770. The van der Waals surface area contributed by atoms with Crippen LogP contribution in [0, 0.1) is 0 Å². The standard InChI is InChI=1S/C19H25N3O3S/c1-13(2)20-19(24)16-12-26-17(21-16)10-22(14(3)4)18(23)11-25-15-8-6-5-7-9-15/h5-9,12-14H,10-11H2,1-4H3,(H,20,24). The van der Waals surface area contributed by atoms with Gasteiger partial charge in [0.15, 0.2) is 6.61 Å². The summed E-state index contributed by atoms with van der Waals surface area (Å²) in [5.74, 6) is 0.344. The van der Waals surface area contributed by atoms with Crippen LogP contribution in [0.15, 0.2) is 35.7 Å². The molecule has 7 heteroatoms. The second-order valence-electron chi connectivity index (χ2n) is 6.47. The number of amides is 2. The van der Waals surface area contributed by atoms with Crippen LogP contribution in [0.25, 0.3) is 0 Å². The van der Waals surface area contributed by atoms with E-state index in [9.17, 15) is 9.59 Å². The molecular formula is C19H25N3O3S. The van der Waals surface area contributed by atoms with Crippen LogP contribution in [0.1, 0.15) is 43.2 Å². The Bertz CT molecular complexity index is 729. The molecule has 1 heterocycles. The van der Waals surface area contributed by atoms with Crippen LogP contribution >= 0.6 is 11.3 Å². The monoisotopic (exact) mass is 375 g/mol. The fourth-order valence-corrected chi connectivity index (χ4v) is 3.05. The molecule has 0 radical (unpaired) electrons. The van der Waals surface area contributed by atoms with Crippen molar-refractivity contribution in [2.75, 3.05) is 6.61 Å². The predicted molar refractivity (Wildman–Crippen MR) is 102 cm³/mol. The van der Waals surface area contributed by atoms with E-state index in [-0.39, 0.29) is 30.5 Å². The number of rotatable bonds is 8. The fourth-order valence-electron chi connectivity index (χ4n) is 2.27. The van der Waals surface area contributed by atoms with Crippen molar-refractivity contribution in [3.8, 4) is 5.75 Å². The van der Waals surface area contributed by atoms with E-state index in [2.05, 4.69) is 10.3 Å². The van der Waals surface area contributed by atoms with E-state index in [0.29, 0.717) is 18.0 Å². The summed E-state index contributed by atoms with van der Waals surface area (Å²) in [4.78, 5) is 30.6. The molecule has 0 saturated heterocycles. The number of ether oxygens (including phenoxy) is 1. The summed E-state index contributed by atoms with van der Waals surface area (Å²) in [6, 6.07) is 9.29. The number of thiazole rings is 1. The number of nitrogens with zero attached hydrogens (tertiary/aromatic N) is 2. The molecule has 140 valence electrons. The van der Waals surface area contributed by atoms with Gasteiger partial charge in [-0.3, -0.25) is 9.59 Å². The van der Waals surface area contributed by atoms with E-state index in [4.69, 9.17) is 4.74 Å². The average Bonchev–Trinajstić information content (AvgIpc) is 3.06. The van der Waals surface area contributed by atoms with Crippen molar-refractivity contribution in [2.24, 2.45) is 0 Å². The predicted octanol–water partition coefficient (Wildman–Crippen LogP) is 3.10. The molecule has 0 saturated carbocycles. The van der Waals surface area contributed by atoms with E-state index >= 15 is 0 Å². The van der Waals surface area contributed by atoms with Gasteiger partial charge in [0.05, 0.1) is 6.54 Å². The zero-order valence-electron chi connectivity index (χ0n) is 15.6. The Morgan fingerprint density at radius 1 is 1.19 bits per heavy atom. The number of hydrogen-bond donors (Lipinski definition) is 1. The third-order valence-corrected chi connectivity index (χ3v) is 4.39. The molecule has 2 amide bonds. The van der Waals surface area contributed by atoms with Gasteiger partial charge in [-0.2, -0.15) is 0 Å². The van der Waals surface area contributed by atoms with Gasteiger partial charge in [-0.1, -0.05) is 18.2 Å². The number of hydrogen-bond acceptors (Lipinski definition) is 5. The third-order valence-electron chi connectivity index (χ3n) is 3.56.